The number of nitrogens with one attached hydrogen (secondary N) is 1. The fourth-order valence-corrected chi connectivity index (χ4v) is 1.82. The number of halogens is 2. The Labute approximate surface area is 95.9 Å². The Hall–Kier alpha value is -0.960. The lowest BCUT2D eigenvalue weighted by atomic mass is 10.1. The third-order valence-corrected chi connectivity index (χ3v) is 2.70. The maximum absolute atomic E-state index is 13.0. The van der Waals surface area contributed by atoms with Gasteiger partial charge >= 0.3 is 0 Å². The third-order valence-electron chi connectivity index (χ3n) is 2.70. The molecule has 90 valence electrons. The molecule has 1 rings (SSSR count). The largest absolute Gasteiger partial charge is 0.308 e. The molecule has 0 saturated heterocycles. The van der Waals surface area contributed by atoms with Crippen LogP contribution in [0.25, 0.3) is 0 Å². The first kappa shape index (κ1) is 13.1. The third kappa shape index (κ3) is 3.56. The second kappa shape index (κ2) is 5.94. The van der Waals surface area contributed by atoms with Gasteiger partial charge in [-0.1, -0.05) is 19.4 Å². The molecule has 0 heterocycles. The molecule has 1 aromatic rings. The summed E-state index contributed by atoms with van der Waals surface area (Å²) in [5, 5.41) is 3.35. The van der Waals surface area contributed by atoms with Crippen LogP contribution >= 0.6 is 0 Å². The molecule has 0 aromatic heterocycles. The van der Waals surface area contributed by atoms with Gasteiger partial charge in [0.2, 0.25) is 0 Å². The molecular formula is C13H19F2N. The van der Waals surface area contributed by atoms with Gasteiger partial charge in [-0.05, 0) is 38.0 Å². The summed E-state index contributed by atoms with van der Waals surface area (Å²) in [7, 11) is 0. The topological polar surface area (TPSA) is 12.0 Å². The molecule has 0 aliphatic carbocycles. The highest BCUT2D eigenvalue weighted by Crippen LogP contribution is 2.17. The van der Waals surface area contributed by atoms with Gasteiger partial charge in [0, 0.05) is 12.1 Å². The summed E-state index contributed by atoms with van der Waals surface area (Å²) in [6.45, 7) is 6.18. The van der Waals surface area contributed by atoms with Gasteiger partial charge in [-0.25, -0.2) is 8.78 Å². The van der Waals surface area contributed by atoms with Gasteiger partial charge in [0.15, 0.2) is 11.6 Å². The lowest BCUT2D eigenvalue weighted by Gasteiger charge is -2.20. The van der Waals surface area contributed by atoms with E-state index in [4.69, 9.17) is 0 Å². The lowest BCUT2D eigenvalue weighted by molar-refractivity contribution is 0.448. The average Bonchev–Trinajstić information content (AvgIpc) is 2.22. The molecule has 1 N–H and O–H groups in total. The summed E-state index contributed by atoms with van der Waals surface area (Å²) < 4.78 is 25.8. The maximum atomic E-state index is 13.0. The van der Waals surface area contributed by atoms with E-state index in [9.17, 15) is 8.78 Å². The molecule has 0 fully saturated rings. The monoisotopic (exact) mass is 227 g/mol. The molecule has 1 aromatic carbocycles. The van der Waals surface area contributed by atoms with Crippen LogP contribution in [0.4, 0.5) is 8.78 Å². The summed E-state index contributed by atoms with van der Waals surface area (Å²) >= 11 is 0. The molecule has 0 spiro atoms. The van der Waals surface area contributed by atoms with Crippen LogP contribution in [-0.4, -0.2) is 6.04 Å². The van der Waals surface area contributed by atoms with Crippen molar-refractivity contribution >= 4 is 0 Å². The smallest absolute Gasteiger partial charge is 0.159 e. The minimum Gasteiger partial charge on any atom is -0.308 e. The highest BCUT2D eigenvalue weighted by atomic mass is 19.2. The second-order valence-electron chi connectivity index (χ2n) is 4.25. The van der Waals surface area contributed by atoms with Crippen molar-refractivity contribution in [2.75, 3.05) is 0 Å². The van der Waals surface area contributed by atoms with Crippen molar-refractivity contribution in [3.8, 4) is 0 Å². The van der Waals surface area contributed by atoms with Crippen molar-refractivity contribution in [3.63, 3.8) is 0 Å². The van der Waals surface area contributed by atoms with Crippen LogP contribution in [0, 0.1) is 11.6 Å². The minimum atomic E-state index is -0.794. The van der Waals surface area contributed by atoms with Gasteiger partial charge in [-0.3, -0.25) is 0 Å². The lowest BCUT2D eigenvalue weighted by Crippen LogP contribution is -2.28. The Bertz CT molecular complexity index is 339. The normalized spacial score (nSPS) is 14.8. The van der Waals surface area contributed by atoms with Crippen LogP contribution in [0.3, 0.4) is 0 Å². The molecule has 0 aliphatic heterocycles. The molecule has 0 radical (unpaired) electrons. The van der Waals surface area contributed by atoms with E-state index in [0.29, 0.717) is 6.04 Å². The fraction of sp³-hybridized carbons (Fsp3) is 0.538. The number of hydrogen-bond acceptors (Lipinski definition) is 1. The first-order valence-corrected chi connectivity index (χ1v) is 5.75. The Morgan fingerprint density at radius 1 is 1.19 bits per heavy atom. The molecule has 3 heteroatoms. The van der Waals surface area contributed by atoms with Gasteiger partial charge in [0.05, 0.1) is 0 Å². The van der Waals surface area contributed by atoms with Gasteiger partial charge < -0.3 is 5.32 Å². The van der Waals surface area contributed by atoms with Gasteiger partial charge in [-0.15, -0.1) is 0 Å². The standard InChI is InChI=1S/C13H19F2N/c1-4-5-9(2)16-10(3)11-6-7-12(14)13(15)8-11/h6-10,16H,4-5H2,1-3H3. The summed E-state index contributed by atoms with van der Waals surface area (Å²) in [6.07, 6.45) is 2.19. The van der Waals surface area contributed by atoms with Gasteiger partial charge in [-0.2, -0.15) is 0 Å². The minimum absolute atomic E-state index is 0.0386. The Morgan fingerprint density at radius 3 is 2.44 bits per heavy atom. The van der Waals surface area contributed by atoms with E-state index in [1.165, 1.54) is 12.1 Å². The van der Waals surface area contributed by atoms with Crippen molar-refractivity contribution in [2.45, 2.75) is 45.7 Å². The molecule has 16 heavy (non-hydrogen) atoms. The number of hydrogen-bond donors (Lipinski definition) is 1. The number of benzene rings is 1. The summed E-state index contributed by atoms with van der Waals surface area (Å²) in [5.74, 6) is -1.58. The summed E-state index contributed by atoms with van der Waals surface area (Å²) in [4.78, 5) is 0. The first-order chi connectivity index (χ1) is 7.54. The molecule has 2 atom stereocenters. The molecule has 2 unspecified atom stereocenters. The second-order valence-corrected chi connectivity index (χ2v) is 4.25. The van der Waals surface area contributed by atoms with E-state index in [-0.39, 0.29) is 6.04 Å². The zero-order valence-corrected chi connectivity index (χ0v) is 10.1. The predicted octanol–water partition coefficient (Wildman–Crippen LogP) is 3.80. The van der Waals surface area contributed by atoms with Crippen LogP contribution in [0.15, 0.2) is 18.2 Å². The average molecular weight is 227 g/mol. The highest BCUT2D eigenvalue weighted by molar-refractivity contribution is 5.20. The maximum Gasteiger partial charge on any atom is 0.159 e. The number of rotatable bonds is 5. The van der Waals surface area contributed by atoms with Crippen molar-refractivity contribution < 1.29 is 8.78 Å². The van der Waals surface area contributed by atoms with Crippen LogP contribution in [0.5, 0.6) is 0 Å². The van der Waals surface area contributed by atoms with Crippen LogP contribution in [0.1, 0.15) is 45.2 Å². The van der Waals surface area contributed by atoms with E-state index in [2.05, 4.69) is 19.2 Å². The van der Waals surface area contributed by atoms with E-state index >= 15 is 0 Å². The Kier molecular flexibility index (Phi) is 4.87. The molecule has 0 aliphatic rings. The molecule has 0 bridgehead atoms. The van der Waals surface area contributed by atoms with Crippen LogP contribution in [-0.2, 0) is 0 Å². The van der Waals surface area contributed by atoms with Crippen molar-refractivity contribution in [3.05, 3.63) is 35.4 Å². The molecular weight excluding hydrogens is 208 g/mol. The SMILES string of the molecule is CCCC(C)NC(C)c1ccc(F)c(F)c1. The zero-order chi connectivity index (χ0) is 12.1. The fourth-order valence-electron chi connectivity index (χ4n) is 1.82. The van der Waals surface area contributed by atoms with E-state index < -0.39 is 11.6 Å². The van der Waals surface area contributed by atoms with Crippen molar-refractivity contribution in [1.82, 2.24) is 5.32 Å². The predicted molar refractivity (Wildman–Crippen MR) is 62.3 cm³/mol. The van der Waals surface area contributed by atoms with Gasteiger partial charge in [0.1, 0.15) is 0 Å². The van der Waals surface area contributed by atoms with E-state index in [1.807, 2.05) is 6.92 Å². The van der Waals surface area contributed by atoms with E-state index in [1.54, 1.807) is 6.07 Å². The Balaban J connectivity index is 2.65. The summed E-state index contributed by atoms with van der Waals surface area (Å²) in [6, 6.07) is 4.47. The van der Waals surface area contributed by atoms with Crippen molar-refractivity contribution in [1.29, 1.82) is 0 Å². The zero-order valence-electron chi connectivity index (χ0n) is 10.1. The quantitative estimate of drug-likeness (QED) is 0.806. The first-order valence-electron chi connectivity index (χ1n) is 5.75. The molecule has 0 saturated carbocycles. The van der Waals surface area contributed by atoms with Crippen LogP contribution in [0.2, 0.25) is 0 Å². The molecule has 1 nitrogen and oxygen atoms in total. The van der Waals surface area contributed by atoms with Crippen molar-refractivity contribution in [2.24, 2.45) is 0 Å². The van der Waals surface area contributed by atoms with E-state index in [0.717, 1.165) is 18.4 Å². The van der Waals surface area contributed by atoms with Gasteiger partial charge in [0.25, 0.3) is 0 Å². The highest BCUT2D eigenvalue weighted by Gasteiger charge is 2.11. The Morgan fingerprint density at radius 2 is 1.88 bits per heavy atom. The van der Waals surface area contributed by atoms with Crippen LogP contribution < -0.4 is 5.32 Å². The molecule has 0 amide bonds. The summed E-state index contributed by atoms with van der Waals surface area (Å²) in [5.41, 5.74) is 0.779.